The lowest BCUT2D eigenvalue weighted by atomic mass is 10.1. The van der Waals surface area contributed by atoms with Crippen molar-refractivity contribution in [2.45, 2.75) is 18.2 Å². The molecule has 0 atom stereocenters. The van der Waals surface area contributed by atoms with Crippen LogP contribution in [0.1, 0.15) is 20.9 Å². The van der Waals surface area contributed by atoms with Crippen molar-refractivity contribution in [3.8, 4) is 11.3 Å². The third kappa shape index (κ3) is 4.26. The number of thioether (sulfide) groups is 1. The molecule has 1 aromatic heterocycles. The third-order valence-electron chi connectivity index (χ3n) is 4.44. The summed E-state index contributed by atoms with van der Waals surface area (Å²) < 4.78 is 0. The van der Waals surface area contributed by atoms with Crippen molar-refractivity contribution in [2.24, 2.45) is 0 Å². The largest absolute Gasteiger partial charge is 0.352 e. The number of aryl methyl sites for hydroxylation is 1. The normalized spacial score (nSPS) is 13.0. The van der Waals surface area contributed by atoms with Gasteiger partial charge in [0.25, 0.3) is 5.91 Å². The molecule has 0 aliphatic carbocycles. The van der Waals surface area contributed by atoms with Crippen LogP contribution in [0.2, 0.25) is 0 Å². The zero-order valence-electron chi connectivity index (χ0n) is 15.3. The highest BCUT2D eigenvalue weighted by atomic mass is 32.2. The SMILES string of the molecule is Cc1nc(-c2ccc(CCNC(=O)c3ccc4c(c3)NC(=O)CS4)cc2)cs1. The first-order valence-corrected chi connectivity index (χ1v) is 10.8. The Balaban J connectivity index is 1.33. The van der Waals surface area contributed by atoms with E-state index in [0.29, 0.717) is 23.5 Å². The van der Waals surface area contributed by atoms with E-state index in [1.807, 2.05) is 13.0 Å². The Labute approximate surface area is 171 Å². The van der Waals surface area contributed by atoms with E-state index < -0.39 is 0 Å². The Bertz CT molecular complexity index is 1030. The predicted molar refractivity (Wildman–Crippen MR) is 114 cm³/mol. The number of benzene rings is 2. The van der Waals surface area contributed by atoms with Crippen molar-refractivity contribution in [2.75, 3.05) is 17.6 Å². The van der Waals surface area contributed by atoms with Crippen LogP contribution >= 0.6 is 23.1 Å². The first-order chi connectivity index (χ1) is 13.6. The number of carbonyl (C=O) groups is 2. The summed E-state index contributed by atoms with van der Waals surface area (Å²) in [5.74, 6) is 0.243. The van der Waals surface area contributed by atoms with Crippen LogP contribution in [0.5, 0.6) is 0 Å². The summed E-state index contributed by atoms with van der Waals surface area (Å²) in [6.45, 7) is 2.55. The number of fused-ring (bicyclic) bond motifs is 1. The van der Waals surface area contributed by atoms with Crippen molar-refractivity contribution in [1.82, 2.24) is 10.3 Å². The third-order valence-corrected chi connectivity index (χ3v) is 6.29. The predicted octanol–water partition coefficient (Wildman–Crippen LogP) is 4.14. The van der Waals surface area contributed by atoms with E-state index in [2.05, 4.69) is 45.3 Å². The fourth-order valence-electron chi connectivity index (χ4n) is 2.98. The van der Waals surface area contributed by atoms with Gasteiger partial charge < -0.3 is 10.6 Å². The van der Waals surface area contributed by atoms with E-state index in [1.165, 1.54) is 11.8 Å². The molecule has 28 heavy (non-hydrogen) atoms. The highest BCUT2D eigenvalue weighted by Crippen LogP contribution is 2.31. The maximum Gasteiger partial charge on any atom is 0.251 e. The summed E-state index contributed by atoms with van der Waals surface area (Å²) in [6, 6.07) is 13.7. The van der Waals surface area contributed by atoms with E-state index in [0.717, 1.165) is 33.1 Å². The molecule has 0 bridgehead atoms. The summed E-state index contributed by atoms with van der Waals surface area (Å²) in [7, 11) is 0. The molecule has 2 N–H and O–H groups in total. The zero-order chi connectivity index (χ0) is 19.5. The maximum absolute atomic E-state index is 12.4. The van der Waals surface area contributed by atoms with Gasteiger partial charge in [-0.3, -0.25) is 9.59 Å². The van der Waals surface area contributed by atoms with E-state index in [4.69, 9.17) is 0 Å². The fourth-order valence-corrected chi connectivity index (χ4v) is 4.40. The lowest BCUT2D eigenvalue weighted by Gasteiger charge is -2.17. The molecular formula is C21H19N3O2S2. The van der Waals surface area contributed by atoms with Crippen molar-refractivity contribution < 1.29 is 9.59 Å². The number of thiazole rings is 1. The first kappa shape index (κ1) is 18.7. The van der Waals surface area contributed by atoms with Crippen LogP contribution in [-0.4, -0.2) is 29.1 Å². The molecule has 3 aromatic rings. The van der Waals surface area contributed by atoms with E-state index in [9.17, 15) is 9.59 Å². The van der Waals surface area contributed by atoms with Crippen molar-refractivity contribution >= 4 is 40.6 Å². The Morgan fingerprint density at radius 3 is 2.79 bits per heavy atom. The molecule has 7 heteroatoms. The number of nitrogens with zero attached hydrogens (tertiary/aromatic N) is 1. The summed E-state index contributed by atoms with van der Waals surface area (Å²) in [6.07, 6.45) is 0.750. The number of hydrogen-bond acceptors (Lipinski definition) is 5. The first-order valence-electron chi connectivity index (χ1n) is 8.95. The minimum Gasteiger partial charge on any atom is -0.352 e. The second-order valence-electron chi connectivity index (χ2n) is 6.50. The molecule has 4 rings (SSSR count). The molecule has 5 nitrogen and oxygen atoms in total. The van der Waals surface area contributed by atoms with E-state index in [-0.39, 0.29) is 11.8 Å². The molecule has 0 saturated heterocycles. The Kier molecular flexibility index (Phi) is 5.45. The number of anilines is 1. The van der Waals surface area contributed by atoms with Crippen molar-refractivity contribution in [3.05, 3.63) is 64.0 Å². The lowest BCUT2D eigenvalue weighted by Crippen LogP contribution is -2.26. The molecule has 2 amide bonds. The second kappa shape index (κ2) is 8.16. The molecule has 0 saturated carbocycles. The van der Waals surface area contributed by atoms with Gasteiger partial charge in [-0.15, -0.1) is 23.1 Å². The molecule has 2 heterocycles. The molecule has 0 spiro atoms. The molecule has 0 unspecified atom stereocenters. The van der Waals surface area contributed by atoms with E-state index >= 15 is 0 Å². The van der Waals surface area contributed by atoms with Crippen LogP contribution in [0.15, 0.2) is 52.7 Å². The standard InChI is InChI=1S/C21H19N3O2S2/c1-13-23-18(11-27-13)15-4-2-14(3-5-15)8-9-22-21(26)16-6-7-19-17(10-16)24-20(25)12-28-19/h2-7,10-11H,8-9,12H2,1H3,(H,22,26)(H,24,25). The Morgan fingerprint density at radius 1 is 1.21 bits per heavy atom. The monoisotopic (exact) mass is 409 g/mol. The van der Waals surface area contributed by atoms with E-state index in [1.54, 1.807) is 23.5 Å². The molecule has 1 aliphatic rings. The summed E-state index contributed by atoms with van der Waals surface area (Å²) in [5.41, 5.74) is 4.52. The highest BCUT2D eigenvalue weighted by molar-refractivity contribution is 8.00. The number of hydrogen-bond donors (Lipinski definition) is 2. The highest BCUT2D eigenvalue weighted by Gasteiger charge is 2.17. The minimum absolute atomic E-state index is 0.0358. The quantitative estimate of drug-likeness (QED) is 0.665. The van der Waals surface area contributed by atoms with Gasteiger partial charge in [0.1, 0.15) is 0 Å². The molecule has 142 valence electrons. The number of carbonyl (C=O) groups excluding carboxylic acids is 2. The molecule has 0 radical (unpaired) electrons. The number of amides is 2. The van der Waals surface area contributed by atoms with Gasteiger partial charge in [-0.05, 0) is 37.1 Å². The fraction of sp³-hybridized carbons (Fsp3) is 0.190. The number of aromatic nitrogens is 1. The van der Waals surface area contributed by atoms with Crippen molar-refractivity contribution in [1.29, 1.82) is 0 Å². The van der Waals surface area contributed by atoms with Crippen LogP contribution in [0, 0.1) is 6.92 Å². The van der Waals surface area contributed by atoms with Gasteiger partial charge in [-0.25, -0.2) is 4.98 Å². The minimum atomic E-state index is -0.137. The molecular weight excluding hydrogens is 390 g/mol. The molecule has 0 fully saturated rings. The van der Waals surface area contributed by atoms with Gasteiger partial charge in [0, 0.05) is 27.9 Å². The average molecular weight is 410 g/mol. The summed E-state index contributed by atoms with van der Waals surface area (Å²) >= 11 is 3.13. The smallest absolute Gasteiger partial charge is 0.251 e. The zero-order valence-corrected chi connectivity index (χ0v) is 17.0. The summed E-state index contributed by atoms with van der Waals surface area (Å²) in [4.78, 5) is 29.4. The van der Waals surface area contributed by atoms with Crippen LogP contribution in [-0.2, 0) is 11.2 Å². The van der Waals surface area contributed by atoms with Crippen LogP contribution in [0.25, 0.3) is 11.3 Å². The molecule has 1 aliphatic heterocycles. The van der Waals surface area contributed by atoms with Crippen LogP contribution in [0.4, 0.5) is 5.69 Å². The van der Waals surface area contributed by atoms with Crippen LogP contribution < -0.4 is 10.6 Å². The lowest BCUT2D eigenvalue weighted by molar-refractivity contribution is -0.113. The van der Waals surface area contributed by atoms with Gasteiger partial charge in [0.05, 0.1) is 22.1 Å². The Morgan fingerprint density at radius 2 is 2.04 bits per heavy atom. The van der Waals surface area contributed by atoms with Gasteiger partial charge in [0.2, 0.25) is 5.91 Å². The van der Waals surface area contributed by atoms with Gasteiger partial charge >= 0.3 is 0 Å². The topological polar surface area (TPSA) is 71.1 Å². The van der Waals surface area contributed by atoms with Gasteiger partial charge in [-0.2, -0.15) is 0 Å². The van der Waals surface area contributed by atoms with Crippen molar-refractivity contribution in [3.63, 3.8) is 0 Å². The maximum atomic E-state index is 12.4. The van der Waals surface area contributed by atoms with Gasteiger partial charge in [-0.1, -0.05) is 24.3 Å². The number of rotatable bonds is 5. The summed E-state index contributed by atoms with van der Waals surface area (Å²) in [5, 5.41) is 8.88. The second-order valence-corrected chi connectivity index (χ2v) is 8.58. The van der Waals surface area contributed by atoms with Crippen LogP contribution in [0.3, 0.4) is 0 Å². The average Bonchev–Trinajstić information content (AvgIpc) is 3.14. The molecule has 2 aromatic carbocycles. The number of nitrogens with one attached hydrogen (secondary N) is 2. The Hall–Kier alpha value is -2.64. The van der Waals surface area contributed by atoms with Gasteiger partial charge in [0.15, 0.2) is 0 Å².